The van der Waals surface area contributed by atoms with Crippen LogP contribution in [0, 0.1) is 0 Å². The molecule has 0 aromatic heterocycles. The van der Waals surface area contributed by atoms with Gasteiger partial charge in [-0.2, -0.15) is 21.6 Å². The van der Waals surface area contributed by atoms with Gasteiger partial charge in [-0.15, -0.1) is 0 Å². The zero-order valence-electron chi connectivity index (χ0n) is 28.3. The quantitative estimate of drug-likeness (QED) is 0.0968. The van der Waals surface area contributed by atoms with Crippen LogP contribution in [-0.2, 0) is 52.8 Å². The number of halogens is 3. The van der Waals surface area contributed by atoms with Crippen LogP contribution in [0.4, 0.5) is 13.2 Å². The molecule has 3 rings (SSSR count). The summed E-state index contributed by atoms with van der Waals surface area (Å²) < 4.78 is 88.1. The van der Waals surface area contributed by atoms with Crippen molar-refractivity contribution in [1.29, 1.82) is 0 Å². The summed E-state index contributed by atoms with van der Waals surface area (Å²) in [6, 6.07) is 10.3. The average Bonchev–Trinajstić information content (AvgIpc) is 3.05. The van der Waals surface area contributed by atoms with Crippen molar-refractivity contribution in [3.05, 3.63) is 92.5 Å². The Kier molecular flexibility index (Phi) is 13.5. The molecule has 0 saturated heterocycles. The van der Waals surface area contributed by atoms with Gasteiger partial charge < -0.3 is 14.2 Å². The monoisotopic (exact) mass is 694 g/mol. The van der Waals surface area contributed by atoms with E-state index in [4.69, 9.17) is 14.0 Å². The molecule has 3 aromatic rings. The van der Waals surface area contributed by atoms with Crippen LogP contribution < -0.4 is 9.47 Å². The van der Waals surface area contributed by atoms with Crippen LogP contribution in [0.3, 0.4) is 0 Å². The molecule has 0 heterocycles. The average molecular weight is 694 g/mol. The Hall–Kier alpha value is -3.84. The Morgan fingerprint density at radius 3 is 1.41 bits per heavy atom. The number of carbonyl (C=O) groups is 3. The summed E-state index contributed by atoms with van der Waals surface area (Å²) in [6.45, 7) is 0. The number of carbonyl (C=O) groups excluding carboxylic acids is 3. The highest BCUT2D eigenvalue weighted by Crippen LogP contribution is 2.30. The van der Waals surface area contributed by atoms with Crippen molar-refractivity contribution in [3.8, 4) is 11.5 Å². The molecular weight excluding hydrogens is 658 g/mol. The molecule has 1 N–H and O–H groups in total. The molecule has 19 heteroatoms. The van der Waals surface area contributed by atoms with Gasteiger partial charge in [-0.3, -0.25) is 4.55 Å². The van der Waals surface area contributed by atoms with E-state index in [1.165, 1.54) is 0 Å². The fraction of sp³-hybridized carbons (Fsp3) is 0.300. The topological polar surface area (TPSA) is 133 Å². The van der Waals surface area contributed by atoms with Gasteiger partial charge in [-0.1, -0.05) is 72.3 Å². The van der Waals surface area contributed by atoms with E-state index in [1.54, 1.807) is 12.1 Å². The summed E-state index contributed by atoms with van der Waals surface area (Å²) in [5.74, 6) is -5.96. The lowest BCUT2D eigenvalue weighted by atomic mass is 9.81. The third kappa shape index (κ3) is 10.3. The molecule has 254 valence electrons. The van der Waals surface area contributed by atoms with Crippen LogP contribution in [0.1, 0.15) is 64.5 Å². The summed E-state index contributed by atoms with van der Waals surface area (Å²) in [4.78, 5) is 40.2. The first-order chi connectivity index (χ1) is 23.0. The van der Waals surface area contributed by atoms with Crippen molar-refractivity contribution in [3.63, 3.8) is 0 Å². The molecule has 0 aliphatic rings. The van der Waals surface area contributed by atoms with Gasteiger partial charge in [-0.25, -0.2) is 14.4 Å². The number of benzene rings is 3. The van der Waals surface area contributed by atoms with Crippen molar-refractivity contribution < 1.29 is 54.7 Å². The molecule has 9 nitrogen and oxygen atoms in total. The summed E-state index contributed by atoms with van der Waals surface area (Å²) in [7, 11) is 6.26. The van der Waals surface area contributed by atoms with Gasteiger partial charge in [0.2, 0.25) is 6.10 Å². The van der Waals surface area contributed by atoms with Gasteiger partial charge >= 0.3 is 24.1 Å². The van der Waals surface area contributed by atoms with Crippen molar-refractivity contribution in [2.75, 3.05) is 5.75 Å². The maximum absolute atomic E-state index is 13.6. The molecule has 49 heavy (non-hydrogen) atoms. The summed E-state index contributed by atoms with van der Waals surface area (Å²) >= 11 is 0. The fourth-order valence-electron chi connectivity index (χ4n) is 5.55. The largest absolute Gasteiger partial charge is 0.448 e. The van der Waals surface area contributed by atoms with E-state index in [-0.39, 0.29) is 22.6 Å². The molecule has 0 amide bonds. The Morgan fingerprint density at radius 1 is 0.653 bits per heavy atom. The minimum atomic E-state index is -5.36. The fourth-order valence-corrected chi connectivity index (χ4v) is 6.19. The predicted octanol–water partition coefficient (Wildman–Crippen LogP) is -1.10. The van der Waals surface area contributed by atoms with E-state index in [2.05, 4.69) is 4.74 Å². The number of ether oxygens (including phenoxy) is 3. The standard InChI is InChI=1S/C30H35B6F3O9S/c31-8-15-1-18(10-33)24(12-35)22(3-15)28(41)46-20-5-17(27(40)48-26(30(37,38)39)14-49(43,44)45)6-21(7-20)47-29(42)23-4-16(9-32)2-19(11-34)25(23)13-36/h1-7,26H,8-14,31-36H2,(H,43,44,45). The molecule has 3 aromatic carbocycles. The van der Waals surface area contributed by atoms with Gasteiger partial charge in [0.1, 0.15) is 64.3 Å². The number of hydrogen-bond donors (Lipinski definition) is 1. The van der Waals surface area contributed by atoms with E-state index >= 15 is 0 Å². The van der Waals surface area contributed by atoms with Gasteiger partial charge in [0, 0.05) is 6.07 Å². The molecule has 1 unspecified atom stereocenters. The molecule has 0 fully saturated rings. The Labute approximate surface area is 289 Å². The summed E-state index contributed by atoms with van der Waals surface area (Å²) in [5, 5.41) is 0. The van der Waals surface area contributed by atoms with Crippen molar-refractivity contribution in [2.45, 2.75) is 50.2 Å². The van der Waals surface area contributed by atoms with Gasteiger partial charge in [0.15, 0.2) is 0 Å². The van der Waals surface area contributed by atoms with E-state index < -0.39 is 51.6 Å². The van der Waals surface area contributed by atoms with Crippen LogP contribution in [0.5, 0.6) is 11.5 Å². The summed E-state index contributed by atoms with van der Waals surface area (Å²) in [6.07, 6.45) is -5.06. The number of esters is 3. The summed E-state index contributed by atoms with van der Waals surface area (Å²) in [5.41, 5.74) is 4.96. The SMILES string of the molecule is BCc1cc(CB)c(CB)c(C(=O)Oc2cc(OC(=O)c3cc(CB)cc(CB)c3CB)cc(C(=O)OC(CS(=O)(=O)O)C(F)(F)F)c2)c1. The highest BCUT2D eigenvalue weighted by molar-refractivity contribution is 7.85. The van der Waals surface area contributed by atoms with Crippen LogP contribution in [0.25, 0.3) is 0 Å². The highest BCUT2D eigenvalue weighted by Gasteiger charge is 2.45. The first-order valence-electron chi connectivity index (χ1n) is 16.1. The van der Waals surface area contributed by atoms with Crippen LogP contribution in [-0.4, -0.2) is 96.0 Å². The highest BCUT2D eigenvalue weighted by atomic mass is 32.2. The van der Waals surface area contributed by atoms with Gasteiger partial charge in [0.05, 0.1) is 16.7 Å². The lowest BCUT2D eigenvalue weighted by Gasteiger charge is -2.20. The molecular formula is C30H35B6F3O9S. The molecule has 0 aliphatic heterocycles. The van der Waals surface area contributed by atoms with Crippen LogP contribution in [0.2, 0.25) is 0 Å². The number of hydrogen-bond acceptors (Lipinski definition) is 8. The predicted molar refractivity (Wildman–Crippen MR) is 194 cm³/mol. The van der Waals surface area contributed by atoms with Gasteiger partial charge in [0.25, 0.3) is 10.1 Å². The van der Waals surface area contributed by atoms with E-state index in [0.717, 1.165) is 51.6 Å². The van der Waals surface area contributed by atoms with Crippen molar-refractivity contribution >= 4 is 75.1 Å². The van der Waals surface area contributed by atoms with E-state index in [9.17, 15) is 36.0 Å². The Bertz CT molecular complexity index is 1740. The van der Waals surface area contributed by atoms with Crippen molar-refractivity contribution in [1.82, 2.24) is 0 Å². The Morgan fingerprint density at radius 2 is 1.08 bits per heavy atom. The molecule has 1 atom stereocenters. The van der Waals surface area contributed by atoms with Gasteiger partial charge in [-0.05, 0) is 35.4 Å². The lowest BCUT2D eigenvalue weighted by molar-refractivity contribution is -0.197. The molecule has 0 radical (unpaired) electrons. The third-order valence-corrected chi connectivity index (χ3v) is 8.77. The minimum absolute atomic E-state index is 0.256. The maximum atomic E-state index is 13.6. The van der Waals surface area contributed by atoms with Crippen molar-refractivity contribution in [2.24, 2.45) is 0 Å². The zero-order chi connectivity index (χ0) is 36.7. The van der Waals surface area contributed by atoms with Crippen LogP contribution >= 0.6 is 0 Å². The first-order valence-corrected chi connectivity index (χ1v) is 17.7. The molecule has 0 bridgehead atoms. The lowest BCUT2D eigenvalue weighted by Crippen LogP contribution is -2.39. The number of rotatable bonds is 14. The Balaban J connectivity index is 2.13. The second-order valence-corrected chi connectivity index (χ2v) is 12.8. The second-order valence-electron chi connectivity index (χ2n) is 11.3. The third-order valence-electron chi connectivity index (χ3n) is 8.04. The normalized spacial score (nSPS) is 12.2. The first kappa shape index (κ1) is 39.6. The van der Waals surface area contributed by atoms with E-state index in [1.807, 2.05) is 59.2 Å². The number of alkyl halides is 3. The maximum Gasteiger partial charge on any atom is 0.426 e. The minimum Gasteiger partial charge on any atom is -0.448 e. The smallest absolute Gasteiger partial charge is 0.426 e. The zero-order valence-corrected chi connectivity index (χ0v) is 29.1. The molecule has 0 spiro atoms. The second kappa shape index (κ2) is 16.7. The molecule has 0 aliphatic carbocycles. The molecule has 0 saturated carbocycles. The van der Waals surface area contributed by atoms with Crippen LogP contribution in [0.15, 0.2) is 42.5 Å². The van der Waals surface area contributed by atoms with E-state index in [0.29, 0.717) is 37.9 Å².